The second kappa shape index (κ2) is 5.77. The fourth-order valence-corrected chi connectivity index (χ4v) is 2.40. The summed E-state index contributed by atoms with van der Waals surface area (Å²) in [7, 11) is -0.795. The maximum Gasteiger partial charge on any atom is 0.366 e. The Balaban J connectivity index is 4.67. The fourth-order valence-electron chi connectivity index (χ4n) is 1.05. The lowest BCUT2D eigenvalue weighted by molar-refractivity contribution is -0.137. The van der Waals surface area contributed by atoms with Crippen LogP contribution in [-0.4, -0.2) is 27.5 Å². The zero-order valence-electron chi connectivity index (χ0n) is 11.8. The first-order chi connectivity index (χ1) is 7.51. The van der Waals surface area contributed by atoms with Gasteiger partial charge in [-0.1, -0.05) is 20.8 Å². The van der Waals surface area contributed by atoms with Gasteiger partial charge in [0.25, 0.3) is 0 Å². The van der Waals surface area contributed by atoms with Crippen LogP contribution >= 0.6 is 0 Å². The molecule has 0 aliphatic carbocycles. The summed E-state index contributed by atoms with van der Waals surface area (Å²) in [5.74, 6) is -1.87. The van der Waals surface area contributed by atoms with E-state index in [1.165, 1.54) is 0 Å². The first-order valence-electron chi connectivity index (χ1n) is 5.64. The maximum atomic E-state index is 13.2. The minimum absolute atomic E-state index is 0.0524. The molecule has 0 N–H and O–H groups in total. The van der Waals surface area contributed by atoms with E-state index in [2.05, 4.69) is 38.6 Å². The summed E-state index contributed by atoms with van der Waals surface area (Å²) in [6.07, 6.45) is 0.724. The Hall–Kier alpha value is -0.683. The molecule has 0 fully saturated rings. The molecule has 0 radical (unpaired) electrons. The summed E-state index contributed by atoms with van der Waals surface area (Å²) < 4.78 is 23.4. The second-order valence-electron chi connectivity index (χ2n) is 5.59. The average Bonchev–Trinajstić information content (AvgIpc) is 2.13. The van der Waals surface area contributed by atoms with Gasteiger partial charge in [-0.3, -0.25) is 0 Å². The molecule has 0 aromatic carbocycles. The highest BCUT2D eigenvalue weighted by Crippen LogP contribution is 2.37. The predicted octanol–water partition coefficient (Wildman–Crippen LogP) is 3.42. The summed E-state index contributed by atoms with van der Waals surface area (Å²) in [4.78, 5) is 10.9. The van der Waals surface area contributed by atoms with Crippen LogP contribution in [0.4, 0.5) is 4.39 Å². The van der Waals surface area contributed by atoms with Crippen molar-refractivity contribution >= 4 is 14.3 Å². The van der Waals surface area contributed by atoms with Crippen molar-refractivity contribution in [3.05, 3.63) is 11.9 Å². The van der Waals surface area contributed by atoms with Crippen LogP contribution in [0.1, 0.15) is 27.7 Å². The minimum atomic E-state index is -1.94. The van der Waals surface area contributed by atoms with Crippen molar-refractivity contribution in [1.82, 2.24) is 0 Å². The van der Waals surface area contributed by atoms with Crippen molar-refractivity contribution in [1.29, 1.82) is 0 Å². The Bertz CT molecular complexity index is 305. The van der Waals surface area contributed by atoms with Crippen molar-refractivity contribution in [3.8, 4) is 0 Å². The molecule has 0 aliphatic rings. The first-order valence-corrected chi connectivity index (χ1v) is 8.55. The topological polar surface area (TPSA) is 35.5 Å². The number of carbonyl (C=O) groups is 1. The molecule has 0 aromatic heterocycles. The molecular weight excluding hydrogens is 239 g/mol. The number of ether oxygens (including phenoxy) is 1. The van der Waals surface area contributed by atoms with Gasteiger partial charge >= 0.3 is 5.97 Å². The molecule has 0 saturated carbocycles. The molecule has 0 saturated heterocycles. The van der Waals surface area contributed by atoms with Crippen LogP contribution in [0.5, 0.6) is 0 Å². The number of halogens is 1. The quantitative estimate of drug-likeness (QED) is 0.442. The highest BCUT2D eigenvalue weighted by molar-refractivity contribution is 6.74. The molecule has 0 heterocycles. The normalized spacial score (nSPS) is 15.6. The molecule has 100 valence electrons. The molecule has 0 aromatic rings. The molecule has 0 rings (SSSR count). The van der Waals surface area contributed by atoms with Crippen LogP contribution in [0.2, 0.25) is 18.1 Å². The van der Waals surface area contributed by atoms with E-state index in [1.54, 1.807) is 6.92 Å². The molecule has 1 unspecified atom stereocenters. The van der Waals surface area contributed by atoms with E-state index in [-0.39, 0.29) is 5.04 Å². The van der Waals surface area contributed by atoms with Gasteiger partial charge in [0, 0.05) is 0 Å². The number of carbonyl (C=O) groups excluding carboxylic acids is 1. The van der Waals surface area contributed by atoms with E-state index in [1.807, 2.05) is 0 Å². The first kappa shape index (κ1) is 16.3. The van der Waals surface area contributed by atoms with Gasteiger partial charge < -0.3 is 9.16 Å². The van der Waals surface area contributed by atoms with E-state index in [4.69, 9.17) is 4.43 Å². The Morgan fingerprint density at radius 2 is 1.82 bits per heavy atom. The Labute approximate surface area is 104 Å². The minimum Gasteiger partial charge on any atom is -0.464 e. The van der Waals surface area contributed by atoms with Crippen molar-refractivity contribution in [2.45, 2.75) is 51.9 Å². The molecule has 0 bridgehead atoms. The molecule has 17 heavy (non-hydrogen) atoms. The highest BCUT2D eigenvalue weighted by Gasteiger charge is 2.38. The van der Waals surface area contributed by atoms with Crippen LogP contribution in [-0.2, 0) is 14.0 Å². The number of esters is 1. The fraction of sp³-hybridized carbons (Fsp3) is 0.750. The van der Waals surface area contributed by atoms with E-state index < -0.39 is 26.2 Å². The van der Waals surface area contributed by atoms with Crippen molar-refractivity contribution in [2.75, 3.05) is 7.11 Å². The molecule has 0 amide bonds. The zero-order valence-corrected chi connectivity index (χ0v) is 12.8. The van der Waals surface area contributed by atoms with E-state index in [9.17, 15) is 9.18 Å². The Morgan fingerprint density at radius 1 is 1.35 bits per heavy atom. The van der Waals surface area contributed by atoms with E-state index in [0.29, 0.717) is 0 Å². The van der Waals surface area contributed by atoms with Gasteiger partial charge in [-0.2, -0.15) is 4.39 Å². The summed E-state index contributed by atoms with van der Waals surface area (Å²) >= 11 is 0. The second-order valence-corrected chi connectivity index (χ2v) is 10.3. The summed E-state index contributed by atoms with van der Waals surface area (Å²) in [6.45, 7) is 12.2. The van der Waals surface area contributed by atoms with Crippen LogP contribution in [0.3, 0.4) is 0 Å². The lowest BCUT2D eigenvalue weighted by atomic mass is 10.2. The third-order valence-corrected chi connectivity index (χ3v) is 7.62. The standard InChI is InChI=1S/C12H23FO3Si/c1-9(8-10(13)11(14)15-5)16-17(6,7)12(2,3)4/h8-9H,1-7H3/b10-8-. The van der Waals surface area contributed by atoms with Gasteiger partial charge in [0.2, 0.25) is 5.83 Å². The Kier molecular flexibility index (Phi) is 5.54. The molecule has 0 spiro atoms. The molecular formula is C12H23FO3Si. The summed E-state index contributed by atoms with van der Waals surface area (Å²) in [5.41, 5.74) is 0. The van der Waals surface area contributed by atoms with Crippen LogP contribution in [0, 0.1) is 0 Å². The summed E-state index contributed by atoms with van der Waals surface area (Å²) in [5, 5.41) is 0.0524. The lowest BCUT2D eigenvalue weighted by Crippen LogP contribution is -2.43. The van der Waals surface area contributed by atoms with Crippen molar-refractivity contribution in [2.24, 2.45) is 0 Å². The number of rotatable bonds is 4. The average molecular weight is 262 g/mol. The predicted molar refractivity (Wildman–Crippen MR) is 69.0 cm³/mol. The molecule has 3 nitrogen and oxygen atoms in total. The van der Waals surface area contributed by atoms with Gasteiger partial charge in [-0.05, 0) is 31.1 Å². The Morgan fingerprint density at radius 3 is 2.18 bits per heavy atom. The number of methoxy groups -OCH3 is 1. The van der Waals surface area contributed by atoms with Gasteiger partial charge in [0.1, 0.15) is 0 Å². The molecule has 0 aliphatic heterocycles. The van der Waals surface area contributed by atoms with E-state index in [0.717, 1.165) is 13.2 Å². The monoisotopic (exact) mass is 262 g/mol. The molecule has 1 atom stereocenters. The largest absolute Gasteiger partial charge is 0.464 e. The van der Waals surface area contributed by atoms with Crippen LogP contribution in [0.25, 0.3) is 0 Å². The van der Waals surface area contributed by atoms with E-state index >= 15 is 0 Å². The maximum absolute atomic E-state index is 13.2. The lowest BCUT2D eigenvalue weighted by Gasteiger charge is -2.37. The smallest absolute Gasteiger partial charge is 0.366 e. The van der Waals surface area contributed by atoms with Crippen LogP contribution in [0.15, 0.2) is 11.9 Å². The summed E-state index contributed by atoms with van der Waals surface area (Å²) in [6, 6.07) is 0. The van der Waals surface area contributed by atoms with Crippen molar-refractivity contribution < 1.29 is 18.3 Å². The SMILES string of the molecule is COC(=O)/C(F)=C/C(C)O[Si](C)(C)C(C)(C)C. The molecule has 5 heteroatoms. The van der Waals surface area contributed by atoms with Gasteiger partial charge in [-0.25, -0.2) is 4.79 Å². The van der Waals surface area contributed by atoms with Crippen molar-refractivity contribution in [3.63, 3.8) is 0 Å². The number of hydrogen-bond donors (Lipinski definition) is 0. The third-order valence-electron chi connectivity index (χ3n) is 3.05. The van der Waals surface area contributed by atoms with Crippen LogP contribution < -0.4 is 0 Å². The zero-order chi connectivity index (χ0) is 13.9. The number of hydrogen-bond acceptors (Lipinski definition) is 3. The third kappa shape index (κ3) is 5.00. The van der Waals surface area contributed by atoms with Gasteiger partial charge in [0.15, 0.2) is 8.32 Å². The van der Waals surface area contributed by atoms with Gasteiger partial charge in [0.05, 0.1) is 13.2 Å². The highest BCUT2D eigenvalue weighted by atomic mass is 28.4. The van der Waals surface area contributed by atoms with Gasteiger partial charge in [-0.15, -0.1) is 0 Å².